The van der Waals surface area contributed by atoms with Crippen molar-refractivity contribution in [1.29, 1.82) is 0 Å². The predicted octanol–water partition coefficient (Wildman–Crippen LogP) is 3.86. The van der Waals surface area contributed by atoms with Crippen LogP contribution in [0.2, 0.25) is 0 Å². The van der Waals surface area contributed by atoms with Crippen LogP contribution in [-0.2, 0) is 11.3 Å². The number of ether oxygens (including phenoxy) is 3. The van der Waals surface area contributed by atoms with E-state index in [4.69, 9.17) is 9.47 Å². The number of likely N-dealkylation sites (N-methyl/N-ethyl adjacent to an activating group) is 1. The molecule has 0 aromatic heterocycles. The quantitative estimate of drug-likeness (QED) is 0.660. The second-order valence-electron chi connectivity index (χ2n) is 5.59. The van der Waals surface area contributed by atoms with Gasteiger partial charge in [0.1, 0.15) is 11.6 Å². The van der Waals surface area contributed by atoms with Crippen LogP contribution in [0.3, 0.4) is 0 Å². The van der Waals surface area contributed by atoms with Crippen LogP contribution in [-0.4, -0.2) is 37.7 Å². The Morgan fingerprint density at radius 2 is 1.89 bits per heavy atom. The van der Waals surface area contributed by atoms with E-state index in [1.54, 1.807) is 32.2 Å². The van der Waals surface area contributed by atoms with Crippen molar-refractivity contribution in [3.05, 3.63) is 53.8 Å². The monoisotopic (exact) mass is 383 g/mol. The van der Waals surface area contributed by atoms with Gasteiger partial charge in [0.2, 0.25) is 0 Å². The van der Waals surface area contributed by atoms with Gasteiger partial charge in [0, 0.05) is 19.7 Å². The maximum Gasteiger partial charge on any atom is 0.387 e. The van der Waals surface area contributed by atoms with Crippen LogP contribution in [0, 0.1) is 5.82 Å². The van der Waals surface area contributed by atoms with E-state index in [-0.39, 0.29) is 42.9 Å². The van der Waals surface area contributed by atoms with Gasteiger partial charge in [-0.05, 0) is 36.8 Å². The van der Waals surface area contributed by atoms with Crippen molar-refractivity contribution in [3.63, 3.8) is 0 Å². The highest BCUT2D eigenvalue weighted by Gasteiger charge is 2.15. The molecular weight excluding hydrogens is 363 g/mol. The first kappa shape index (κ1) is 20.4. The summed E-state index contributed by atoms with van der Waals surface area (Å²) in [6.07, 6.45) is 0. The Hall–Kier alpha value is -2.90. The SMILES string of the molecule is CCOc1cc(CN(C)C(=O)COc2cccc(F)c2)ccc1OC(F)F. The van der Waals surface area contributed by atoms with Gasteiger partial charge >= 0.3 is 6.61 Å². The number of nitrogens with zero attached hydrogens (tertiary/aromatic N) is 1. The molecule has 0 aliphatic carbocycles. The van der Waals surface area contributed by atoms with E-state index in [1.165, 1.54) is 29.2 Å². The Balaban J connectivity index is 1.98. The molecule has 146 valence electrons. The number of carbonyl (C=O) groups excluding carboxylic acids is 1. The molecule has 8 heteroatoms. The van der Waals surface area contributed by atoms with Gasteiger partial charge in [-0.2, -0.15) is 8.78 Å². The lowest BCUT2D eigenvalue weighted by Crippen LogP contribution is -2.31. The summed E-state index contributed by atoms with van der Waals surface area (Å²) in [5, 5.41) is 0. The van der Waals surface area contributed by atoms with Crippen molar-refractivity contribution in [1.82, 2.24) is 4.90 Å². The van der Waals surface area contributed by atoms with Crippen molar-refractivity contribution < 1.29 is 32.2 Å². The molecule has 5 nitrogen and oxygen atoms in total. The molecule has 0 saturated carbocycles. The standard InChI is InChI=1S/C19H20F3NO4/c1-3-25-17-9-13(7-8-16(17)27-19(21)22)11-23(2)18(24)12-26-15-6-4-5-14(20)10-15/h4-10,19H,3,11-12H2,1-2H3. The van der Waals surface area contributed by atoms with Crippen LogP contribution in [0.15, 0.2) is 42.5 Å². The minimum Gasteiger partial charge on any atom is -0.490 e. The van der Waals surface area contributed by atoms with E-state index < -0.39 is 12.4 Å². The lowest BCUT2D eigenvalue weighted by Gasteiger charge is -2.19. The van der Waals surface area contributed by atoms with Crippen molar-refractivity contribution in [2.24, 2.45) is 0 Å². The maximum absolute atomic E-state index is 13.1. The Labute approximate surface area is 155 Å². The summed E-state index contributed by atoms with van der Waals surface area (Å²) < 4.78 is 53.0. The number of rotatable bonds is 9. The highest BCUT2D eigenvalue weighted by molar-refractivity contribution is 5.77. The minimum atomic E-state index is -2.96. The van der Waals surface area contributed by atoms with Crippen molar-refractivity contribution in [2.45, 2.75) is 20.1 Å². The van der Waals surface area contributed by atoms with Crippen LogP contribution >= 0.6 is 0 Å². The lowest BCUT2D eigenvalue weighted by atomic mass is 10.2. The second kappa shape index (κ2) is 9.70. The molecule has 0 aliphatic rings. The van der Waals surface area contributed by atoms with Crippen molar-refractivity contribution in [3.8, 4) is 17.2 Å². The highest BCUT2D eigenvalue weighted by atomic mass is 19.3. The first-order valence-electron chi connectivity index (χ1n) is 8.22. The van der Waals surface area contributed by atoms with Gasteiger partial charge in [-0.3, -0.25) is 4.79 Å². The zero-order valence-electron chi connectivity index (χ0n) is 15.0. The van der Waals surface area contributed by atoms with Crippen LogP contribution < -0.4 is 14.2 Å². The highest BCUT2D eigenvalue weighted by Crippen LogP contribution is 2.30. The second-order valence-corrected chi connectivity index (χ2v) is 5.59. The van der Waals surface area contributed by atoms with Gasteiger partial charge in [-0.25, -0.2) is 4.39 Å². The molecule has 2 aromatic carbocycles. The van der Waals surface area contributed by atoms with Gasteiger partial charge in [-0.1, -0.05) is 12.1 Å². The van der Waals surface area contributed by atoms with E-state index >= 15 is 0 Å². The van der Waals surface area contributed by atoms with E-state index in [0.717, 1.165) is 0 Å². The first-order chi connectivity index (χ1) is 12.9. The third-order valence-corrected chi connectivity index (χ3v) is 3.53. The smallest absolute Gasteiger partial charge is 0.387 e. The third kappa shape index (κ3) is 6.40. The normalized spacial score (nSPS) is 10.6. The first-order valence-corrected chi connectivity index (χ1v) is 8.22. The fraction of sp³-hybridized carbons (Fsp3) is 0.316. The fourth-order valence-corrected chi connectivity index (χ4v) is 2.29. The number of benzene rings is 2. The summed E-state index contributed by atoms with van der Waals surface area (Å²) in [6.45, 7) is -1.01. The van der Waals surface area contributed by atoms with Crippen molar-refractivity contribution >= 4 is 5.91 Å². The summed E-state index contributed by atoms with van der Waals surface area (Å²) in [5.41, 5.74) is 0.668. The number of halogens is 3. The average Bonchev–Trinajstić information content (AvgIpc) is 2.61. The largest absolute Gasteiger partial charge is 0.490 e. The van der Waals surface area contributed by atoms with E-state index in [9.17, 15) is 18.0 Å². The molecule has 0 saturated heterocycles. The Morgan fingerprint density at radius 3 is 2.56 bits per heavy atom. The van der Waals surface area contributed by atoms with E-state index in [2.05, 4.69) is 4.74 Å². The maximum atomic E-state index is 13.1. The molecular formula is C19H20F3NO4. The molecule has 0 bridgehead atoms. The van der Waals surface area contributed by atoms with Gasteiger partial charge in [0.05, 0.1) is 6.61 Å². The summed E-state index contributed by atoms with van der Waals surface area (Å²) in [7, 11) is 1.57. The molecule has 2 rings (SSSR count). The van der Waals surface area contributed by atoms with Crippen LogP contribution in [0.5, 0.6) is 17.2 Å². The molecule has 0 atom stereocenters. The summed E-state index contributed by atoms with van der Waals surface area (Å²) in [5.74, 6) is -0.428. The number of amides is 1. The summed E-state index contributed by atoms with van der Waals surface area (Å²) in [6, 6.07) is 9.97. The minimum absolute atomic E-state index is 0.0704. The zero-order chi connectivity index (χ0) is 19.8. The molecule has 0 aliphatic heterocycles. The Morgan fingerprint density at radius 1 is 1.11 bits per heavy atom. The van der Waals surface area contributed by atoms with Crippen LogP contribution in [0.25, 0.3) is 0 Å². The molecule has 0 spiro atoms. The number of hydrogen-bond donors (Lipinski definition) is 0. The molecule has 1 amide bonds. The molecule has 27 heavy (non-hydrogen) atoms. The Bertz CT molecular complexity index is 770. The fourth-order valence-electron chi connectivity index (χ4n) is 2.29. The molecule has 0 N–H and O–H groups in total. The Kier molecular flexibility index (Phi) is 7.34. The number of hydrogen-bond acceptors (Lipinski definition) is 4. The van der Waals surface area contributed by atoms with Gasteiger partial charge < -0.3 is 19.1 Å². The topological polar surface area (TPSA) is 48.0 Å². The van der Waals surface area contributed by atoms with Gasteiger partial charge in [0.15, 0.2) is 18.1 Å². The van der Waals surface area contributed by atoms with Crippen LogP contribution in [0.1, 0.15) is 12.5 Å². The molecule has 0 fully saturated rings. The average molecular weight is 383 g/mol. The summed E-state index contributed by atoms with van der Waals surface area (Å²) >= 11 is 0. The summed E-state index contributed by atoms with van der Waals surface area (Å²) in [4.78, 5) is 13.6. The van der Waals surface area contributed by atoms with E-state index in [0.29, 0.717) is 5.56 Å². The zero-order valence-corrected chi connectivity index (χ0v) is 15.0. The lowest BCUT2D eigenvalue weighted by molar-refractivity contribution is -0.132. The molecule has 2 aromatic rings. The molecule has 0 heterocycles. The van der Waals surface area contributed by atoms with E-state index in [1.807, 2.05) is 0 Å². The van der Waals surface area contributed by atoms with Crippen LogP contribution in [0.4, 0.5) is 13.2 Å². The van der Waals surface area contributed by atoms with Gasteiger partial charge in [0.25, 0.3) is 5.91 Å². The third-order valence-electron chi connectivity index (χ3n) is 3.53. The number of carbonyl (C=O) groups is 1. The predicted molar refractivity (Wildman–Crippen MR) is 92.6 cm³/mol. The molecule has 0 unspecified atom stereocenters. The molecule has 0 radical (unpaired) electrons. The number of alkyl halides is 2. The van der Waals surface area contributed by atoms with Gasteiger partial charge in [-0.15, -0.1) is 0 Å². The van der Waals surface area contributed by atoms with Crippen molar-refractivity contribution in [2.75, 3.05) is 20.3 Å².